The number of likely N-dealkylation sites (tertiary alicyclic amines) is 1. The van der Waals surface area contributed by atoms with E-state index in [2.05, 4.69) is 10.3 Å². The van der Waals surface area contributed by atoms with Crippen molar-refractivity contribution in [3.05, 3.63) is 18.2 Å². The van der Waals surface area contributed by atoms with Crippen molar-refractivity contribution in [2.75, 3.05) is 19.0 Å². The molecule has 3 rings (SSSR count). The summed E-state index contributed by atoms with van der Waals surface area (Å²) in [7, 11) is 1.62. The highest BCUT2D eigenvalue weighted by Crippen LogP contribution is 2.33. The molecule has 1 aromatic rings. The van der Waals surface area contributed by atoms with Gasteiger partial charge in [0.2, 0.25) is 5.91 Å². The minimum atomic E-state index is -0.740. The van der Waals surface area contributed by atoms with Gasteiger partial charge in [-0.1, -0.05) is 12.8 Å². The fourth-order valence-electron chi connectivity index (χ4n) is 4.07. The maximum absolute atomic E-state index is 11.7. The van der Waals surface area contributed by atoms with Crippen LogP contribution in [0.1, 0.15) is 58.3 Å². The molecule has 2 heterocycles. The molecule has 2 atom stereocenters. The highest BCUT2D eigenvalue weighted by Gasteiger charge is 2.24. The fourth-order valence-corrected chi connectivity index (χ4v) is 4.07. The van der Waals surface area contributed by atoms with Crippen molar-refractivity contribution in [2.24, 2.45) is 4.99 Å². The van der Waals surface area contributed by atoms with Gasteiger partial charge in [-0.2, -0.15) is 0 Å². The van der Waals surface area contributed by atoms with E-state index < -0.39 is 6.23 Å². The lowest BCUT2D eigenvalue weighted by Gasteiger charge is -2.35. The van der Waals surface area contributed by atoms with Crippen LogP contribution in [0, 0.1) is 0 Å². The normalized spacial score (nSPS) is 21.9. The van der Waals surface area contributed by atoms with Crippen LogP contribution in [0.2, 0.25) is 0 Å². The van der Waals surface area contributed by atoms with E-state index in [4.69, 9.17) is 4.74 Å². The third kappa shape index (κ3) is 5.01. The number of nitrogens with one attached hydrogen (secondary N) is 1. The van der Waals surface area contributed by atoms with Crippen molar-refractivity contribution < 1.29 is 14.6 Å². The quantitative estimate of drug-likeness (QED) is 0.712. The van der Waals surface area contributed by atoms with E-state index in [-0.39, 0.29) is 5.91 Å². The number of carbonyl (C=O) groups is 1. The molecule has 0 aliphatic carbocycles. The Hall–Kier alpha value is -2.08. The topological polar surface area (TPSA) is 74.2 Å². The van der Waals surface area contributed by atoms with E-state index in [9.17, 15) is 9.90 Å². The van der Waals surface area contributed by atoms with Crippen molar-refractivity contribution in [2.45, 2.75) is 70.6 Å². The van der Waals surface area contributed by atoms with Crippen molar-refractivity contribution in [1.29, 1.82) is 0 Å². The van der Waals surface area contributed by atoms with E-state index in [1.54, 1.807) is 14.0 Å². The van der Waals surface area contributed by atoms with Crippen molar-refractivity contribution >= 4 is 23.0 Å². The maximum atomic E-state index is 11.7. The van der Waals surface area contributed by atoms with Gasteiger partial charge in [0.25, 0.3) is 0 Å². The molecule has 27 heavy (non-hydrogen) atoms. The molecule has 0 aromatic heterocycles. The highest BCUT2D eigenvalue weighted by molar-refractivity contribution is 5.97. The highest BCUT2D eigenvalue weighted by atomic mass is 16.5. The van der Waals surface area contributed by atoms with Gasteiger partial charge in [-0.25, -0.2) is 0 Å². The number of methoxy groups -OCH3 is 1. The number of aliphatic imine (C=N–C) groups is 1. The number of amides is 1. The Balaban J connectivity index is 1.46. The second-order valence-corrected chi connectivity index (χ2v) is 7.49. The van der Waals surface area contributed by atoms with Gasteiger partial charge in [0.05, 0.1) is 24.2 Å². The van der Waals surface area contributed by atoms with E-state index in [1.807, 2.05) is 23.1 Å². The molecule has 0 spiro atoms. The number of ether oxygens (including phenoxy) is 1. The van der Waals surface area contributed by atoms with Gasteiger partial charge in [-0.05, 0) is 50.7 Å². The van der Waals surface area contributed by atoms with Crippen LogP contribution in [0.5, 0.6) is 5.75 Å². The molecule has 6 heteroatoms. The van der Waals surface area contributed by atoms with Gasteiger partial charge in [0, 0.05) is 25.6 Å². The Bertz CT molecular complexity index is 689. The third-order valence-electron chi connectivity index (χ3n) is 5.58. The summed E-state index contributed by atoms with van der Waals surface area (Å²) in [5, 5.41) is 13.4. The molecular weight excluding hydrogens is 342 g/mol. The monoisotopic (exact) mass is 373 g/mol. The number of carbonyl (C=O) groups excluding carboxylic acids is 1. The smallest absolute Gasteiger partial charge is 0.219 e. The number of unbranched alkanes of at least 4 members (excludes halogenated alkanes) is 2. The molecule has 1 saturated heterocycles. The molecule has 0 radical (unpaired) electrons. The van der Waals surface area contributed by atoms with Gasteiger partial charge in [0.1, 0.15) is 5.75 Å². The summed E-state index contributed by atoms with van der Waals surface area (Å²) >= 11 is 0. The Morgan fingerprint density at radius 3 is 2.96 bits per heavy atom. The lowest BCUT2D eigenvalue weighted by Crippen LogP contribution is -2.42. The maximum Gasteiger partial charge on any atom is 0.219 e. The number of benzene rings is 1. The third-order valence-corrected chi connectivity index (χ3v) is 5.58. The molecule has 2 aliphatic heterocycles. The number of aliphatic hydroxyl groups excluding tert-OH is 1. The molecular formula is C21H31N3O3. The Kier molecular flexibility index (Phi) is 6.72. The minimum absolute atomic E-state index is 0.209. The number of hydrogen-bond acceptors (Lipinski definition) is 5. The molecule has 1 amide bonds. The molecule has 0 saturated carbocycles. The number of anilines is 1. The molecule has 1 fully saturated rings. The number of fused-ring (bicyclic) bond motifs is 1. The first kappa shape index (κ1) is 19.7. The number of nitrogens with zero attached hydrogens (tertiary/aromatic N) is 2. The summed E-state index contributed by atoms with van der Waals surface area (Å²) in [5.74, 6) is 0.954. The van der Waals surface area contributed by atoms with Crippen LogP contribution < -0.4 is 10.1 Å². The second kappa shape index (κ2) is 9.22. The van der Waals surface area contributed by atoms with Crippen molar-refractivity contribution in [3.8, 4) is 5.75 Å². The van der Waals surface area contributed by atoms with Crippen molar-refractivity contribution in [1.82, 2.24) is 4.90 Å². The van der Waals surface area contributed by atoms with Crippen LogP contribution in [0.25, 0.3) is 0 Å². The van der Waals surface area contributed by atoms with Gasteiger partial charge in [0.15, 0.2) is 6.23 Å². The standard InChI is InChI=1S/C21H31N3O3/c1-15(25)24-13-7-6-9-16(24)8-4-3-5-10-19-21(26)23-20-14-17(27-2)11-12-18(20)22-19/h11-12,14,16,21,23,26H,3-10,13H2,1-2H3/t16-,21?/m0/s1. The number of aliphatic hydroxyl groups is 1. The number of piperidine rings is 1. The first-order valence-electron chi connectivity index (χ1n) is 10.1. The Labute approximate surface area is 161 Å². The first-order valence-corrected chi connectivity index (χ1v) is 10.1. The SMILES string of the molecule is COc1ccc2c(c1)NC(O)C(CCCCC[C@H]1CCCCN1C(C)=O)=N2. The molecule has 2 N–H and O–H groups in total. The van der Waals surface area contributed by atoms with E-state index >= 15 is 0 Å². The molecule has 148 valence electrons. The van der Waals surface area contributed by atoms with Gasteiger partial charge in [-0.15, -0.1) is 0 Å². The largest absolute Gasteiger partial charge is 0.497 e. The average Bonchev–Trinajstić information content (AvgIpc) is 2.67. The molecule has 1 aromatic carbocycles. The Morgan fingerprint density at radius 1 is 1.33 bits per heavy atom. The predicted molar refractivity (Wildman–Crippen MR) is 108 cm³/mol. The fraction of sp³-hybridized carbons (Fsp3) is 0.619. The van der Waals surface area contributed by atoms with Crippen LogP contribution in [0.3, 0.4) is 0 Å². The van der Waals surface area contributed by atoms with Crippen LogP contribution in [-0.4, -0.2) is 47.5 Å². The second-order valence-electron chi connectivity index (χ2n) is 7.49. The van der Waals surface area contributed by atoms with Gasteiger partial charge >= 0.3 is 0 Å². The summed E-state index contributed by atoms with van der Waals surface area (Å²) in [6.45, 7) is 2.60. The summed E-state index contributed by atoms with van der Waals surface area (Å²) in [4.78, 5) is 18.4. The number of hydrogen-bond donors (Lipinski definition) is 2. The van der Waals surface area contributed by atoms with Crippen LogP contribution in [-0.2, 0) is 4.79 Å². The van der Waals surface area contributed by atoms with E-state index in [0.29, 0.717) is 6.04 Å². The predicted octanol–water partition coefficient (Wildman–Crippen LogP) is 3.86. The lowest BCUT2D eigenvalue weighted by atomic mass is 9.96. The first-order chi connectivity index (χ1) is 13.1. The van der Waals surface area contributed by atoms with Crippen LogP contribution in [0.15, 0.2) is 23.2 Å². The average molecular weight is 373 g/mol. The van der Waals surface area contributed by atoms with Gasteiger partial charge < -0.3 is 20.1 Å². The van der Waals surface area contributed by atoms with Gasteiger partial charge in [-0.3, -0.25) is 9.79 Å². The zero-order valence-corrected chi connectivity index (χ0v) is 16.4. The Morgan fingerprint density at radius 2 is 2.19 bits per heavy atom. The zero-order valence-electron chi connectivity index (χ0n) is 16.4. The molecule has 0 bridgehead atoms. The lowest BCUT2D eigenvalue weighted by molar-refractivity contribution is -0.132. The zero-order chi connectivity index (χ0) is 19.2. The molecule has 6 nitrogen and oxygen atoms in total. The van der Waals surface area contributed by atoms with E-state index in [1.165, 1.54) is 6.42 Å². The van der Waals surface area contributed by atoms with Crippen LogP contribution >= 0.6 is 0 Å². The summed E-state index contributed by atoms with van der Waals surface area (Å²) < 4.78 is 5.21. The number of rotatable bonds is 7. The molecule has 1 unspecified atom stereocenters. The minimum Gasteiger partial charge on any atom is -0.497 e. The van der Waals surface area contributed by atoms with E-state index in [0.717, 1.165) is 74.3 Å². The molecule has 2 aliphatic rings. The van der Waals surface area contributed by atoms with Crippen LogP contribution in [0.4, 0.5) is 11.4 Å². The van der Waals surface area contributed by atoms with Crippen molar-refractivity contribution in [3.63, 3.8) is 0 Å². The summed E-state index contributed by atoms with van der Waals surface area (Å²) in [5.41, 5.74) is 2.43. The summed E-state index contributed by atoms with van der Waals surface area (Å²) in [6.07, 6.45) is 7.81. The summed E-state index contributed by atoms with van der Waals surface area (Å²) in [6, 6.07) is 6.05.